The molecule has 1 aliphatic rings. The van der Waals surface area contributed by atoms with Crippen LogP contribution in [-0.2, 0) is 13.0 Å². The molecule has 3 aromatic rings. The van der Waals surface area contributed by atoms with E-state index in [1.165, 1.54) is 12.1 Å². The van der Waals surface area contributed by atoms with Gasteiger partial charge in [-0.1, -0.05) is 25.1 Å². The monoisotopic (exact) mass is 391 g/mol. The van der Waals surface area contributed by atoms with Gasteiger partial charge in [-0.15, -0.1) is 0 Å². The van der Waals surface area contributed by atoms with E-state index in [0.717, 1.165) is 68.3 Å². The second-order valence-electron chi connectivity index (χ2n) is 7.35. The highest BCUT2D eigenvalue weighted by Gasteiger charge is 2.18. The molecule has 0 atom stereocenters. The van der Waals surface area contributed by atoms with Crippen LogP contribution in [0.15, 0.2) is 54.7 Å². The molecule has 3 heterocycles. The third kappa shape index (κ3) is 4.95. The van der Waals surface area contributed by atoms with Gasteiger partial charge in [-0.3, -0.25) is 9.88 Å². The van der Waals surface area contributed by atoms with Gasteiger partial charge in [0.1, 0.15) is 17.3 Å². The molecule has 29 heavy (non-hydrogen) atoms. The van der Waals surface area contributed by atoms with E-state index in [-0.39, 0.29) is 5.82 Å². The fraction of sp³-hybridized carbons (Fsp3) is 0.348. The summed E-state index contributed by atoms with van der Waals surface area (Å²) in [6, 6.07) is 14.7. The smallest absolute Gasteiger partial charge is 0.180 e. The number of halogens is 1. The Hall–Kier alpha value is -2.86. The van der Waals surface area contributed by atoms with Crippen LogP contribution in [0, 0.1) is 5.82 Å². The number of benzene rings is 1. The molecule has 0 aliphatic carbocycles. The van der Waals surface area contributed by atoms with Gasteiger partial charge in [-0.05, 0) is 42.7 Å². The van der Waals surface area contributed by atoms with Crippen molar-refractivity contribution in [2.75, 3.05) is 31.1 Å². The summed E-state index contributed by atoms with van der Waals surface area (Å²) < 4.78 is 13.1. The number of rotatable bonds is 5. The summed E-state index contributed by atoms with van der Waals surface area (Å²) in [4.78, 5) is 18.7. The molecule has 0 spiro atoms. The summed E-state index contributed by atoms with van der Waals surface area (Å²) in [6.07, 6.45) is 3.70. The summed E-state index contributed by atoms with van der Waals surface area (Å²) >= 11 is 0. The average Bonchev–Trinajstić information content (AvgIpc) is 3.01. The zero-order valence-electron chi connectivity index (χ0n) is 16.8. The molecule has 1 fully saturated rings. The predicted octanol–water partition coefficient (Wildman–Crippen LogP) is 3.95. The van der Waals surface area contributed by atoms with Crippen molar-refractivity contribution in [3.8, 4) is 11.5 Å². The van der Waals surface area contributed by atoms with Gasteiger partial charge < -0.3 is 4.90 Å². The zero-order chi connectivity index (χ0) is 20.1. The summed E-state index contributed by atoms with van der Waals surface area (Å²) in [5.74, 6) is 1.48. The molecular formula is C23H26FN5. The van der Waals surface area contributed by atoms with Gasteiger partial charge in [0.05, 0.1) is 0 Å². The molecule has 0 radical (unpaired) electrons. The van der Waals surface area contributed by atoms with E-state index in [4.69, 9.17) is 4.98 Å². The van der Waals surface area contributed by atoms with Crippen LogP contribution in [0.25, 0.3) is 11.5 Å². The van der Waals surface area contributed by atoms with Crippen LogP contribution in [0.4, 0.5) is 10.2 Å². The minimum absolute atomic E-state index is 0.185. The Balaban J connectivity index is 1.49. The van der Waals surface area contributed by atoms with E-state index >= 15 is 0 Å². The molecule has 1 aliphatic heterocycles. The predicted molar refractivity (Wildman–Crippen MR) is 113 cm³/mol. The van der Waals surface area contributed by atoms with Crippen LogP contribution < -0.4 is 4.90 Å². The van der Waals surface area contributed by atoms with E-state index in [2.05, 4.69) is 32.8 Å². The second kappa shape index (κ2) is 9.09. The number of nitrogens with zero attached hydrogens (tertiary/aromatic N) is 5. The van der Waals surface area contributed by atoms with Crippen LogP contribution in [0.2, 0.25) is 0 Å². The van der Waals surface area contributed by atoms with Crippen LogP contribution >= 0.6 is 0 Å². The Morgan fingerprint density at radius 2 is 1.83 bits per heavy atom. The number of hydrogen-bond donors (Lipinski definition) is 0. The van der Waals surface area contributed by atoms with Crippen LogP contribution in [0.5, 0.6) is 0 Å². The molecular weight excluding hydrogens is 365 g/mol. The third-order valence-corrected chi connectivity index (χ3v) is 5.25. The van der Waals surface area contributed by atoms with Crippen molar-refractivity contribution < 1.29 is 4.39 Å². The lowest BCUT2D eigenvalue weighted by molar-refractivity contribution is 0.285. The normalized spacial score (nSPS) is 15.3. The van der Waals surface area contributed by atoms with Gasteiger partial charge in [0.15, 0.2) is 5.82 Å². The maximum Gasteiger partial charge on any atom is 0.180 e. The Labute approximate surface area is 171 Å². The fourth-order valence-corrected chi connectivity index (χ4v) is 3.64. The lowest BCUT2D eigenvalue weighted by Gasteiger charge is -2.23. The first-order valence-electron chi connectivity index (χ1n) is 10.2. The standard InChI is InChI=1S/C23H26FN5/c1-2-20-16-22(27-23(26-20)21-6-3-4-11-25-21)29-13-5-12-28(14-15-29)17-18-7-9-19(24)10-8-18/h3-4,6-11,16H,2,5,12-15,17H2,1H3. The van der Waals surface area contributed by atoms with E-state index in [9.17, 15) is 4.39 Å². The topological polar surface area (TPSA) is 45.2 Å². The van der Waals surface area contributed by atoms with E-state index in [1.807, 2.05) is 30.3 Å². The maximum atomic E-state index is 13.1. The highest BCUT2D eigenvalue weighted by molar-refractivity contribution is 5.53. The first kappa shape index (κ1) is 19.5. The van der Waals surface area contributed by atoms with Gasteiger partial charge in [-0.2, -0.15) is 0 Å². The fourth-order valence-electron chi connectivity index (χ4n) is 3.64. The van der Waals surface area contributed by atoms with Crippen molar-refractivity contribution in [1.82, 2.24) is 19.9 Å². The SMILES string of the molecule is CCc1cc(N2CCCN(Cc3ccc(F)cc3)CC2)nc(-c2ccccn2)n1. The van der Waals surface area contributed by atoms with Crippen LogP contribution in [0.1, 0.15) is 24.6 Å². The molecule has 0 amide bonds. The van der Waals surface area contributed by atoms with Crippen molar-refractivity contribution in [3.63, 3.8) is 0 Å². The van der Waals surface area contributed by atoms with Gasteiger partial charge in [0.2, 0.25) is 0 Å². The van der Waals surface area contributed by atoms with Crippen LogP contribution in [0.3, 0.4) is 0 Å². The minimum Gasteiger partial charge on any atom is -0.355 e. The van der Waals surface area contributed by atoms with Crippen molar-refractivity contribution in [2.45, 2.75) is 26.3 Å². The largest absolute Gasteiger partial charge is 0.355 e. The molecule has 150 valence electrons. The molecule has 1 aromatic carbocycles. The van der Waals surface area contributed by atoms with Gasteiger partial charge in [-0.25, -0.2) is 14.4 Å². The van der Waals surface area contributed by atoms with E-state index < -0.39 is 0 Å². The number of aryl methyl sites for hydroxylation is 1. The quantitative estimate of drug-likeness (QED) is 0.659. The zero-order valence-corrected chi connectivity index (χ0v) is 16.8. The Morgan fingerprint density at radius 1 is 0.966 bits per heavy atom. The second-order valence-corrected chi connectivity index (χ2v) is 7.35. The summed E-state index contributed by atoms with van der Waals surface area (Å²) in [6.45, 7) is 6.79. The molecule has 4 rings (SSSR count). The number of hydrogen-bond acceptors (Lipinski definition) is 5. The Kier molecular flexibility index (Phi) is 6.10. The first-order valence-corrected chi connectivity index (χ1v) is 10.2. The van der Waals surface area contributed by atoms with Crippen molar-refractivity contribution in [1.29, 1.82) is 0 Å². The average molecular weight is 391 g/mol. The lowest BCUT2D eigenvalue weighted by atomic mass is 10.2. The molecule has 0 N–H and O–H groups in total. The Morgan fingerprint density at radius 3 is 2.59 bits per heavy atom. The molecule has 2 aromatic heterocycles. The molecule has 1 saturated heterocycles. The van der Waals surface area contributed by atoms with Crippen molar-refractivity contribution in [3.05, 3.63) is 71.8 Å². The number of pyridine rings is 1. The highest BCUT2D eigenvalue weighted by Crippen LogP contribution is 2.21. The van der Waals surface area contributed by atoms with E-state index in [0.29, 0.717) is 5.82 Å². The van der Waals surface area contributed by atoms with Gasteiger partial charge in [0.25, 0.3) is 0 Å². The van der Waals surface area contributed by atoms with Crippen LogP contribution in [-0.4, -0.2) is 46.0 Å². The van der Waals surface area contributed by atoms with E-state index in [1.54, 1.807) is 6.20 Å². The van der Waals surface area contributed by atoms with Crippen molar-refractivity contribution >= 4 is 5.82 Å². The minimum atomic E-state index is -0.185. The maximum absolute atomic E-state index is 13.1. The van der Waals surface area contributed by atoms with Gasteiger partial charge in [0, 0.05) is 50.7 Å². The first-order chi connectivity index (χ1) is 14.2. The lowest BCUT2D eigenvalue weighted by Crippen LogP contribution is -2.31. The molecule has 0 bridgehead atoms. The summed E-state index contributed by atoms with van der Waals surface area (Å²) in [5, 5.41) is 0. The Bertz CT molecular complexity index is 930. The number of aromatic nitrogens is 3. The summed E-state index contributed by atoms with van der Waals surface area (Å²) in [5.41, 5.74) is 2.98. The molecule has 6 heteroatoms. The molecule has 0 unspecified atom stereocenters. The highest BCUT2D eigenvalue weighted by atomic mass is 19.1. The van der Waals surface area contributed by atoms with Crippen molar-refractivity contribution in [2.24, 2.45) is 0 Å². The molecule has 5 nitrogen and oxygen atoms in total. The number of anilines is 1. The third-order valence-electron chi connectivity index (χ3n) is 5.25. The summed E-state index contributed by atoms with van der Waals surface area (Å²) in [7, 11) is 0. The molecule has 0 saturated carbocycles. The van der Waals surface area contributed by atoms with Gasteiger partial charge >= 0.3 is 0 Å².